The Morgan fingerprint density at radius 1 is 0.593 bits per heavy atom. The topological polar surface area (TPSA) is 44.8 Å². The Kier molecular flexibility index (Phi) is 22.9. The lowest BCUT2D eigenvalue weighted by atomic mass is 10.0. The maximum Gasteiger partial charge on any atom is 0.332 e. The summed E-state index contributed by atoms with van der Waals surface area (Å²) in [5, 5.41) is 0. The van der Waals surface area contributed by atoms with E-state index in [1.807, 2.05) is 0 Å². The number of hydrogen-bond acceptors (Lipinski definition) is 4. The van der Waals surface area contributed by atoms with E-state index in [1.54, 1.807) is 7.11 Å². The molecule has 0 fully saturated rings. The van der Waals surface area contributed by atoms with Crippen LogP contribution in [-0.2, 0) is 19.0 Å². The molecule has 0 aliphatic heterocycles. The number of carbonyl (C=O) groups excluding carboxylic acids is 1. The lowest BCUT2D eigenvalue weighted by Gasteiger charge is -2.06. The van der Waals surface area contributed by atoms with Gasteiger partial charge in [-0.3, -0.25) is 0 Å². The Bertz CT molecular complexity index is 294. The molecule has 162 valence electrons. The van der Waals surface area contributed by atoms with Crippen molar-refractivity contribution in [3.05, 3.63) is 0 Å². The van der Waals surface area contributed by atoms with E-state index in [9.17, 15) is 4.79 Å². The van der Waals surface area contributed by atoms with Gasteiger partial charge in [0.25, 0.3) is 0 Å². The van der Waals surface area contributed by atoms with Crippen LogP contribution in [0.2, 0.25) is 0 Å². The van der Waals surface area contributed by atoms with E-state index in [0.717, 1.165) is 12.8 Å². The summed E-state index contributed by atoms with van der Waals surface area (Å²) in [6.07, 6.45) is 21.6. The van der Waals surface area contributed by atoms with Crippen LogP contribution < -0.4 is 0 Å². The zero-order chi connectivity index (χ0) is 19.8. The van der Waals surface area contributed by atoms with Crippen molar-refractivity contribution in [3.8, 4) is 0 Å². The number of rotatable bonds is 22. The second-order valence-electron chi connectivity index (χ2n) is 7.57. The molecule has 27 heavy (non-hydrogen) atoms. The maximum atomic E-state index is 11.4. The van der Waals surface area contributed by atoms with Gasteiger partial charge in [0, 0.05) is 7.11 Å². The molecule has 0 saturated heterocycles. The van der Waals surface area contributed by atoms with Crippen molar-refractivity contribution in [1.82, 2.24) is 0 Å². The van der Waals surface area contributed by atoms with Gasteiger partial charge in [-0.25, -0.2) is 4.79 Å². The Morgan fingerprint density at radius 2 is 1.04 bits per heavy atom. The van der Waals surface area contributed by atoms with E-state index >= 15 is 0 Å². The van der Waals surface area contributed by atoms with Gasteiger partial charge in [-0.15, -0.1) is 0 Å². The van der Waals surface area contributed by atoms with Crippen LogP contribution >= 0.6 is 0 Å². The zero-order valence-electron chi connectivity index (χ0n) is 18.3. The van der Waals surface area contributed by atoms with Gasteiger partial charge in [-0.1, -0.05) is 103 Å². The summed E-state index contributed by atoms with van der Waals surface area (Å²) in [6, 6.07) is 0. The molecule has 0 atom stereocenters. The summed E-state index contributed by atoms with van der Waals surface area (Å²) in [7, 11) is 1.61. The standard InChI is InChI=1S/C23H46O4/c1-3-4-5-6-7-8-9-10-11-12-13-14-15-16-17-18-19-27-23(24)22-26-21-20-25-2/h3-22H2,1-2H3. The summed E-state index contributed by atoms with van der Waals surface area (Å²) >= 11 is 0. The number of unbranched alkanes of at least 4 members (excludes halogenated alkanes) is 15. The number of methoxy groups -OCH3 is 1. The third-order valence-corrected chi connectivity index (χ3v) is 4.91. The highest BCUT2D eigenvalue weighted by Gasteiger charge is 2.02. The molecule has 0 saturated carbocycles. The quantitative estimate of drug-likeness (QED) is 0.158. The molecule has 0 rings (SSSR count). The van der Waals surface area contributed by atoms with Crippen LogP contribution in [0.3, 0.4) is 0 Å². The summed E-state index contributed by atoms with van der Waals surface area (Å²) < 4.78 is 15.1. The highest BCUT2D eigenvalue weighted by molar-refractivity contribution is 5.70. The van der Waals surface area contributed by atoms with Gasteiger partial charge in [0.1, 0.15) is 6.61 Å². The second kappa shape index (κ2) is 23.4. The number of hydrogen-bond donors (Lipinski definition) is 0. The van der Waals surface area contributed by atoms with Gasteiger partial charge in [0.05, 0.1) is 19.8 Å². The van der Waals surface area contributed by atoms with E-state index in [4.69, 9.17) is 14.2 Å². The molecule has 0 aromatic rings. The summed E-state index contributed by atoms with van der Waals surface area (Å²) in [6.45, 7) is 3.77. The zero-order valence-corrected chi connectivity index (χ0v) is 18.3. The van der Waals surface area contributed by atoms with Crippen molar-refractivity contribution in [2.45, 2.75) is 110 Å². The third-order valence-electron chi connectivity index (χ3n) is 4.91. The van der Waals surface area contributed by atoms with E-state index < -0.39 is 0 Å². The molecule has 0 radical (unpaired) electrons. The van der Waals surface area contributed by atoms with Gasteiger partial charge in [-0.2, -0.15) is 0 Å². The van der Waals surface area contributed by atoms with Crippen molar-refractivity contribution < 1.29 is 19.0 Å². The van der Waals surface area contributed by atoms with Gasteiger partial charge in [0.15, 0.2) is 0 Å². The van der Waals surface area contributed by atoms with Crippen LogP contribution in [0.4, 0.5) is 0 Å². The Morgan fingerprint density at radius 3 is 1.48 bits per heavy atom. The third kappa shape index (κ3) is 23.4. The fraction of sp³-hybridized carbons (Fsp3) is 0.957. The van der Waals surface area contributed by atoms with Crippen molar-refractivity contribution in [3.63, 3.8) is 0 Å². The normalized spacial score (nSPS) is 11.0. The molecule has 0 heterocycles. The molecular formula is C23H46O4. The maximum absolute atomic E-state index is 11.4. The first-order valence-corrected chi connectivity index (χ1v) is 11.5. The molecule has 0 unspecified atom stereocenters. The van der Waals surface area contributed by atoms with Crippen LogP contribution in [0.25, 0.3) is 0 Å². The van der Waals surface area contributed by atoms with Crippen molar-refractivity contribution in [2.75, 3.05) is 33.5 Å². The fourth-order valence-corrected chi connectivity index (χ4v) is 3.18. The Labute approximate surface area is 168 Å². The van der Waals surface area contributed by atoms with E-state index in [1.165, 1.54) is 89.9 Å². The van der Waals surface area contributed by atoms with Crippen molar-refractivity contribution >= 4 is 5.97 Å². The van der Waals surface area contributed by atoms with Crippen LogP contribution in [0.5, 0.6) is 0 Å². The molecule has 0 amide bonds. The predicted molar refractivity (Wildman–Crippen MR) is 113 cm³/mol. The number of ether oxygens (including phenoxy) is 3. The summed E-state index contributed by atoms with van der Waals surface area (Å²) in [4.78, 5) is 11.4. The highest BCUT2D eigenvalue weighted by Crippen LogP contribution is 2.13. The monoisotopic (exact) mass is 386 g/mol. The first-order chi connectivity index (χ1) is 13.3. The van der Waals surface area contributed by atoms with E-state index in [-0.39, 0.29) is 12.6 Å². The Balaban J connectivity index is 3.07. The molecule has 4 heteroatoms. The largest absolute Gasteiger partial charge is 0.464 e. The minimum absolute atomic E-state index is 0.0300. The predicted octanol–water partition coefficient (Wildman–Crippen LogP) is 6.45. The summed E-state index contributed by atoms with van der Waals surface area (Å²) in [5.74, 6) is -0.271. The Hall–Kier alpha value is -0.610. The number of carbonyl (C=O) groups is 1. The molecule has 0 aliphatic carbocycles. The molecule has 0 spiro atoms. The second-order valence-corrected chi connectivity index (χ2v) is 7.57. The van der Waals surface area contributed by atoms with Gasteiger partial charge in [-0.05, 0) is 6.42 Å². The average Bonchev–Trinajstić information content (AvgIpc) is 2.67. The smallest absolute Gasteiger partial charge is 0.332 e. The van der Waals surface area contributed by atoms with Crippen LogP contribution in [0.1, 0.15) is 110 Å². The van der Waals surface area contributed by atoms with E-state index in [0.29, 0.717) is 19.8 Å². The van der Waals surface area contributed by atoms with Crippen LogP contribution in [0, 0.1) is 0 Å². The number of esters is 1. The van der Waals surface area contributed by atoms with Crippen molar-refractivity contribution in [1.29, 1.82) is 0 Å². The SMILES string of the molecule is CCCCCCCCCCCCCCCCCCOC(=O)COCCOC. The van der Waals surface area contributed by atoms with E-state index in [2.05, 4.69) is 6.92 Å². The van der Waals surface area contributed by atoms with Crippen molar-refractivity contribution in [2.24, 2.45) is 0 Å². The minimum Gasteiger partial charge on any atom is -0.464 e. The van der Waals surface area contributed by atoms with Gasteiger partial charge >= 0.3 is 5.97 Å². The lowest BCUT2D eigenvalue weighted by molar-refractivity contribution is -0.149. The molecular weight excluding hydrogens is 340 g/mol. The fourth-order valence-electron chi connectivity index (χ4n) is 3.18. The lowest BCUT2D eigenvalue weighted by Crippen LogP contribution is -2.15. The summed E-state index contributed by atoms with van der Waals surface area (Å²) in [5.41, 5.74) is 0. The molecule has 0 bridgehead atoms. The van der Waals surface area contributed by atoms with Gasteiger partial charge in [0.2, 0.25) is 0 Å². The van der Waals surface area contributed by atoms with Crippen LogP contribution in [-0.4, -0.2) is 39.5 Å². The minimum atomic E-state index is -0.271. The highest BCUT2D eigenvalue weighted by atomic mass is 16.6. The molecule has 0 aromatic heterocycles. The average molecular weight is 387 g/mol. The molecule has 4 nitrogen and oxygen atoms in total. The van der Waals surface area contributed by atoms with Crippen LogP contribution in [0.15, 0.2) is 0 Å². The molecule has 0 aromatic carbocycles. The molecule has 0 aliphatic rings. The van der Waals surface area contributed by atoms with Gasteiger partial charge < -0.3 is 14.2 Å². The first kappa shape index (κ1) is 26.4. The molecule has 0 N–H and O–H groups in total. The first-order valence-electron chi connectivity index (χ1n) is 11.5.